The first kappa shape index (κ1) is 15.0. The normalized spacial score (nSPS) is 12.0. The van der Waals surface area contributed by atoms with E-state index < -0.39 is 6.10 Å². The highest BCUT2D eigenvalue weighted by atomic mass is 16.5. The number of methoxy groups -OCH3 is 1. The molecule has 0 aliphatic heterocycles. The fourth-order valence-corrected chi connectivity index (χ4v) is 1.77. The number of nitrogens with zero attached hydrogens (tertiary/aromatic N) is 3. The van der Waals surface area contributed by atoms with Crippen molar-refractivity contribution in [2.24, 2.45) is 0 Å². The zero-order chi connectivity index (χ0) is 15.2. The van der Waals surface area contributed by atoms with Gasteiger partial charge in [-0.2, -0.15) is 0 Å². The number of aliphatic hydroxyl groups is 1. The molecule has 1 atom stereocenters. The van der Waals surface area contributed by atoms with E-state index in [-0.39, 0.29) is 12.5 Å². The van der Waals surface area contributed by atoms with Gasteiger partial charge < -0.3 is 15.2 Å². The van der Waals surface area contributed by atoms with Crippen LogP contribution in [0, 0.1) is 0 Å². The zero-order valence-electron chi connectivity index (χ0n) is 12.0. The van der Waals surface area contributed by atoms with E-state index in [0.29, 0.717) is 17.8 Å². The second-order valence-corrected chi connectivity index (χ2v) is 4.54. The van der Waals surface area contributed by atoms with Crippen LogP contribution in [0.5, 0.6) is 5.75 Å². The van der Waals surface area contributed by atoms with E-state index >= 15 is 0 Å². The van der Waals surface area contributed by atoms with Gasteiger partial charge in [0.2, 0.25) is 5.91 Å². The quantitative estimate of drug-likeness (QED) is 0.838. The number of ether oxygens (including phenoxy) is 1. The van der Waals surface area contributed by atoms with Gasteiger partial charge >= 0.3 is 0 Å². The molecule has 0 fully saturated rings. The SMILES string of the molecule is CCC(O)c1cn(CC(=O)Nc2ccc(OC)cc2)nn1. The third kappa shape index (κ3) is 4.03. The van der Waals surface area contributed by atoms with E-state index in [2.05, 4.69) is 15.6 Å². The predicted octanol–water partition coefficient (Wildman–Crippen LogP) is 1.37. The van der Waals surface area contributed by atoms with E-state index in [0.717, 1.165) is 5.75 Å². The maximum Gasteiger partial charge on any atom is 0.246 e. The molecule has 7 nitrogen and oxygen atoms in total. The maximum atomic E-state index is 11.9. The molecule has 0 aliphatic carbocycles. The number of hydrogen-bond donors (Lipinski definition) is 2. The van der Waals surface area contributed by atoms with Gasteiger partial charge in [0.25, 0.3) is 0 Å². The summed E-state index contributed by atoms with van der Waals surface area (Å²) in [5, 5.41) is 20.0. The molecular weight excluding hydrogens is 272 g/mol. The summed E-state index contributed by atoms with van der Waals surface area (Å²) in [7, 11) is 1.58. The van der Waals surface area contributed by atoms with Gasteiger partial charge in [-0.15, -0.1) is 5.10 Å². The van der Waals surface area contributed by atoms with Crippen molar-refractivity contribution in [2.75, 3.05) is 12.4 Å². The Balaban J connectivity index is 1.93. The Morgan fingerprint density at radius 3 is 2.76 bits per heavy atom. The van der Waals surface area contributed by atoms with E-state index in [1.807, 2.05) is 6.92 Å². The minimum atomic E-state index is -0.650. The number of aromatic nitrogens is 3. The molecule has 1 heterocycles. The highest BCUT2D eigenvalue weighted by molar-refractivity contribution is 5.90. The number of carbonyl (C=O) groups is 1. The highest BCUT2D eigenvalue weighted by Crippen LogP contribution is 2.15. The number of nitrogens with one attached hydrogen (secondary N) is 1. The fourth-order valence-electron chi connectivity index (χ4n) is 1.77. The Morgan fingerprint density at radius 1 is 1.43 bits per heavy atom. The molecular formula is C14H18N4O3. The first-order valence-electron chi connectivity index (χ1n) is 6.64. The largest absolute Gasteiger partial charge is 0.497 e. The monoisotopic (exact) mass is 290 g/mol. The minimum absolute atomic E-state index is 0.0372. The van der Waals surface area contributed by atoms with Crippen molar-refractivity contribution in [3.8, 4) is 5.75 Å². The number of rotatable bonds is 6. The van der Waals surface area contributed by atoms with Crippen LogP contribution in [-0.2, 0) is 11.3 Å². The van der Waals surface area contributed by atoms with Gasteiger partial charge in [-0.05, 0) is 30.7 Å². The molecule has 0 saturated carbocycles. The summed E-state index contributed by atoms with van der Waals surface area (Å²) in [6.07, 6.45) is 1.47. The molecule has 0 aliphatic rings. The summed E-state index contributed by atoms with van der Waals surface area (Å²) in [5.41, 5.74) is 1.14. The van der Waals surface area contributed by atoms with Gasteiger partial charge in [0.05, 0.1) is 19.4 Å². The summed E-state index contributed by atoms with van der Waals surface area (Å²) >= 11 is 0. The molecule has 2 aromatic rings. The lowest BCUT2D eigenvalue weighted by Crippen LogP contribution is -2.19. The van der Waals surface area contributed by atoms with Crippen LogP contribution >= 0.6 is 0 Å². The van der Waals surface area contributed by atoms with Crippen molar-refractivity contribution in [3.05, 3.63) is 36.2 Å². The summed E-state index contributed by atoms with van der Waals surface area (Å²) in [6.45, 7) is 1.88. The molecule has 1 unspecified atom stereocenters. The molecule has 0 spiro atoms. The number of benzene rings is 1. The van der Waals surface area contributed by atoms with Crippen molar-refractivity contribution in [3.63, 3.8) is 0 Å². The lowest BCUT2D eigenvalue weighted by atomic mass is 10.2. The van der Waals surface area contributed by atoms with Gasteiger partial charge in [-0.1, -0.05) is 12.1 Å². The molecule has 0 saturated heterocycles. The molecule has 21 heavy (non-hydrogen) atoms. The van der Waals surface area contributed by atoms with Gasteiger partial charge in [0.1, 0.15) is 18.0 Å². The van der Waals surface area contributed by atoms with Crippen molar-refractivity contribution in [1.29, 1.82) is 0 Å². The first-order valence-corrected chi connectivity index (χ1v) is 6.64. The lowest BCUT2D eigenvalue weighted by Gasteiger charge is -2.06. The molecule has 7 heteroatoms. The molecule has 0 radical (unpaired) electrons. The summed E-state index contributed by atoms with van der Waals surface area (Å²) in [4.78, 5) is 11.9. The second-order valence-electron chi connectivity index (χ2n) is 4.54. The highest BCUT2D eigenvalue weighted by Gasteiger charge is 2.11. The van der Waals surface area contributed by atoms with E-state index in [4.69, 9.17) is 4.74 Å². The number of hydrogen-bond acceptors (Lipinski definition) is 5. The minimum Gasteiger partial charge on any atom is -0.497 e. The number of aliphatic hydroxyl groups excluding tert-OH is 1. The standard InChI is InChI=1S/C14H18N4O3/c1-3-13(19)12-8-18(17-16-12)9-14(20)15-10-4-6-11(21-2)7-5-10/h4-8,13,19H,3,9H2,1-2H3,(H,15,20). The average molecular weight is 290 g/mol. The number of amides is 1. The maximum absolute atomic E-state index is 11.9. The summed E-state index contributed by atoms with van der Waals surface area (Å²) in [5.74, 6) is 0.505. The Bertz CT molecular complexity index is 595. The molecule has 1 amide bonds. The van der Waals surface area contributed by atoms with Crippen LogP contribution < -0.4 is 10.1 Å². The molecule has 0 bridgehead atoms. The molecule has 2 N–H and O–H groups in total. The third-order valence-corrected chi connectivity index (χ3v) is 2.96. The van der Waals surface area contributed by atoms with Crippen LogP contribution in [0.25, 0.3) is 0 Å². The van der Waals surface area contributed by atoms with E-state index in [1.54, 1.807) is 37.6 Å². The van der Waals surface area contributed by atoms with Gasteiger partial charge in [0, 0.05) is 5.69 Å². The van der Waals surface area contributed by atoms with E-state index in [1.165, 1.54) is 4.68 Å². The van der Waals surface area contributed by atoms with Crippen LogP contribution in [-0.4, -0.2) is 33.1 Å². The van der Waals surface area contributed by atoms with Crippen molar-refractivity contribution in [2.45, 2.75) is 26.0 Å². The van der Waals surface area contributed by atoms with Crippen LogP contribution in [0.2, 0.25) is 0 Å². The van der Waals surface area contributed by atoms with Gasteiger partial charge in [0.15, 0.2) is 0 Å². The first-order chi connectivity index (χ1) is 10.1. The van der Waals surface area contributed by atoms with Gasteiger partial charge in [-0.25, -0.2) is 4.68 Å². The number of carbonyl (C=O) groups excluding carboxylic acids is 1. The Kier molecular flexibility index (Phi) is 4.89. The molecule has 1 aromatic heterocycles. The summed E-state index contributed by atoms with van der Waals surface area (Å²) < 4.78 is 6.44. The molecule has 112 valence electrons. The lowest BCUT2D eigenvalue weighted by molar-refractivity contribution is -0.116. The third-order valence-electron chi connectivity index (χ3n) is 2.96. The van der Waals surface area contributed by atoms with Crippen LogP contribution in [0.15, 0.2) is 30.5 Å². The second kappa shape index (κ2) is 6.85. The Hall–Kier alpha value is -2.41. The van der Waals surface area contributed by atoms with Crippen molar-refractivity contribution in [1.82, 2.24) is 15.0 Å². The topological polar surface area (TPSA) is 89.3 Å². The van der Waals surface area contributed by atoms with E-state index in [9.17, 15) is 9.90 Å². The predicted molar refractivity (Wildman–Crippen MR) is 76.9 cm³/mol. The zero-order valence-corrected chi connectivity index (χ0v) is 12.0. The Labute approximate surface area is 122 Å². The van der Waals surface area contributed by atoms with Crippen LogP contribution in [0.4, 0.5) is 5.69 Å². The Morgan fingerprint density at radius 2 is 2.14 bits per heavy atom. The molecule has 2 rings (SSSR count). The van der Waals surface area contributed by atoms with Crippen LogP contribution in [0.3, 0.4) is 0 Å². The van der Waals surface area contributed by atoms with Crippen LogP contribution in [0.1, 0.15) is 25.1 Å². The number of anilines is 1. The van der Waals surface area contributed by atoms with Gasteiger partial charge in [-0.3, -0.25) is 4.79 Å². The molecule has 1 aromatic carbocycles. The average Bonchev–Trinajstić information content (AvgIpc) is 2.95. The smallest absolute Gasteiger partial charge is 0.246 e. The summed E-state index contributed by atoms with van der Waals surface area (Å²) in [6, 6.07) is 7.04. The van der Waals surface area contributed by atoms with Crippen molar-refractivity contribution >= 4 is 11.6 Å². The van der Waals surface area contributed by atoms with Crippen molar-refractivity contribution < 1.29 is 14.6 Å². The fraction of sp³-hybridized carbons (Fsp3) is 0.357.